The Morgan fingerprint density at radius 3 is 2.58 bits per heavy atom. The van der Waals surface area contributed by atoms with Gasteiger partial charge in [-0.3, -0.25) is 9.59 Å². The van der Waals surface area contributed by atoms with Gasteiger partial charge in [0.15, 0.2) is 0 Å². The second kappa shape index (κ2) is 5.21. The predicted molar refractivity (Wildman–Crippen MR) is 74.2 cm³/mol. The summed E-state index contributed by atoms with van der Waals surface area (Å²) in [7, 11) is 0. The Balaban J connectivity index is 2.34. The Hall–Kier alpha value is -1.55. The first-order valence-corrected chi connectivity index (χ1v) is 6.66. The Kier molecular flexibility index (Phi) is 3.80. The van der Waals surface area contributed by atoms with E-state index in [1.54, 1.807) is 12.1 Å². The standard InChI is InChI=1S/C14H17ClN2O2/c1-8-6-10(11(15)7-9(8)2)14(19)17-5-3-4-12(17)13(16)18/h6-7,12H,3-5H2,1-2H3,(H2,16,18)/t12-/m1/s1. The van der Waals surface area contributed by atoms with Crippen LogP contribution in [0.15, 0.2) is 12.1 Å². The molecule has 1 heterocycles. The number of benzene rings is 1. The second-order valence-corrected chi connectivity index (χ2v) is 5.38. The van der Waals surface area contributed by atoms with E-state index in [1.807, 2.05) is 13.8 Å². The smallest absolute Gasteiger partial charge is 0.256 e. The summed E-state index contributed by atoms with van der Waals surface area (Å²) in [5.41, 5.74) is 7.81. The molecule has 2 N–H and O–H groups in total. The molecule has 0 spiro atoms. The minimum atomic E-state index is -0.509. The number of nitrogens with two attached hydrogens (primary N) is 1. The molecule has 1 aromatic rings. The summed E-state index contributed by atoms with van der Waals surface area (Å²) in [5, 5.41) is 0.420. The summed E-state index contributed by atoms with van der Waals surface area (Å²) >= 11 is 6.14. The van der Waals surface area contributed by atoms with Crippen LogP contribution in [0.3, 0.4) is 0 Å². The van der Waals surface area contributed by atoms with Crippen molar-refractivity contribution >= 4 is 23.4 Å². The van der Waals surface area contributed by atoms with E-state index in [0.717, 1.165) is 17.5 Å². The Bertz CT molecular complexity index is 542. The molecule has 4 nitrogen and oxygen atoms in total. The molecule has 102 valence electrons. The quantitative estimate of drug-likeness (QED) is 0.901. The van der Waals surface area contributed by atoms with Gasteiger partial charge < -0.3 is 10.6 Å². The van der Waals surface area contributed by atoms with E-state index in [-0.39, 0.29) is 5.91 Å². The van der Waals surface area contributed by atoms with Crippen molar-refractivity contribution in [1.82, 2.24) is 4.90 Å². The van der Waals surface area contributed by atoms with Crippen molar-refractivity contribution in [2.75, 3.05) is 6.54 Å². The normalized spacial score (nSPS) is 18.7. The number of nitrogens with zero attached hydrogens (tertiary/aromatic N) is 1. The molecule has 0 unspecified atom stereocenters. The van der Waals surface area contributed by atoms with Gasteiger partial charge in [-0.15, -0.1) is 0 Å². The number of aryl methyl sites for hydroxylation is 2. The van der Waals surface area contributed by atoms with Gasteiger partial charge in [-0.2, -0.15) is 0 Å². The SMILES string of the molecule is Cc1cc(Cl)c(C(=O)N2CCC[C@@H]2C(N)=O)cc1C. The van der Waals surface area contributed by atoms with Crippen molar-refractivity contribution in [1.29, 1.82) is 0 Å². The number of hydrogen-bond donors (Lipinski definition) is 1. The molecule has 0 aliphatic carbocycles. The third-order valence-electron chi connectivity index (χ3n) is 3.66. The first kappa shape index (κ1) is 13.9. The van der Waals surface area contributed by atoms with Gasteiger partial charge in [-0.1, -0.05) is 11.6 Å². The maximum absolute atomic E-state index is 12.5. The molecule has 0 bridgehead atoms. The van der Waals surface area contributed by atoms with Gasteiger partial charge in [0.1, 0.15) is 6.04 Å². The first-order chi connectivity index (χ1) is 8.91. The third kappa shape index (κ3) is 2.59. The lowest BCUT2D eigenvalue weighted by molar-refractivity contribution is -0.121. The van der Waals surface area contributed by atoms with Crippen LogP contribution in [0.2, 0.25) is 5.02 Å². The average molecular weight is 281 g/mol. The highest BCUT2D eigenvalue weighted by Gasteiger charge is 2.33. The van der Waals surface area contributed by atoms with Crippen LogP contribution in [0.5, 0.6) is 0 Å². The molecule has 2 amide bonds. The monoisotopic (exact) mass is 280 g/mol. The number of amides is 2. The summed E-state index contributed by atoms with van der Waals surface area (Å²) in [6.07, 6.45) is 1.42. The fourth-order valence-corrected chi connectivity index (χ4v) is 2.70. The number of carbonyl (C=O) groups is 2. The highest BCUT2D eigenvalue weighted by molar-refractivity contribution is 6.34. The fraction of sp³-hybridized carbons (Fsp3) is 0.429. The molecule has 2 rings (SSSR count). The molecule has 0 aromatic heterocycles. The zero-order valence-corrected chi connectivity index (χ0v) is 11.8. The Morgan fingerprint density at radius 2 is 1.95 bits per heavy atom. The number of hydrogen-bond acceptors (Lipinski definition) is 2. The molecule has 1 aliphatic rings. The van der Waals surface area contributed by atoms with Gasteiger partial charge in [0.05, 0.1) is 10.6 Å². The lowest BCUT2D eigenvalue weighted by atomic mass is 10.0. The molecule has 1 aromatic carbocycles. The Morgan fingerprint density at radius 1 is 1.32 bits per heavy atom. The van der Waals surface area contributed by atoms with Crippen LogP contribution in [-0.4, -0.2) is 29.3 Å². The van der Waals surface area contributed by atoms with Gasteiger partial charge in [-0.25, -0.2) is 0 Å². The van der Waals surface area contributed by atoms with E-state index in [1.165, 1.54) is 4.90 Å². The van der Waals surface area contributed by atoms with Crippen LogP contribution in [0.25, 0.3) is 0 Å². The maximum Gasteiger partial charge on any atom is 0.256 e. The molecule has 5 heteroatoms. The molecule has 1 fully saturated rings. The molecular weight excluding hydrogens is 264 g/mol. The summed E-state index contributed by atoms with van der Waals surface area (Å²) in [6, 6.07) is 3.04. The van der Waals surface area contributed by atoms with Crippen molar-refractivity contribution in [3.05, 3.63) is 33.8 Å². The van der Waals surface area contributed by atoms with Crippen LogP contribution < -0.4 is 5.73 Å². The van der Waals surface area contributed by atoms with Crippen molar-refractivity contribution in [3.63, 3.8) is 0 Å². The topological polar surface area (TPSA) is 63.4 Å². The van der Waals surface area contributed by atoms with E-state index in [4.69, 9.17) is 17.3 Å². The zero-order valence-electron chi connectivity index (χ0n) is 11.1. The molecule has 1 saturated heterocycles. The van der Waals surface area contributed by atoms with E-state index in [2.05, 4.69) is 0 Å². The molecule has 19 heavy (non-hydrogen) atoms. The summed E-state index contributed by atoms with van der Waals surface area (Å²) in [5.74, 6) is -0.666. The lowest BCUT2D eigenvalue weighted by Crippen LogP contribution is -2.43. The van der Waals surface area contributed by atoms with Crippen LogP contribution in [0.4, 0.5) is 0 Å². The number of likely N-dealkylation sites (tertiary alicyclic amines) is 1. The first-order valence-electron chi connectivity index (χ1n) is 6.29. The zero-order chi connectivity index (χ0) is 14.2. The second-order valence-electron chi connectivity index (χ2n) is 4.98. The van der Waals surface area contributed by atoms with E-state index in [0.29, 0.717) is 23.6 Å². The van der Waals surface area contributed by atoms with Crippen LogP contribution >= 0.6 is 11.6 Å². The van der Waals surface area contributed by atoms with E-state index in [9.17, 15) is 9.59 Å². The van der Waals surface area contributed by atoms with Gasteiger partial charge in [0.25, 0.3) is 5.91 Å². The van der Waals surface area contributed by atoms with Gasteiger partial charge in [0, 0.05) is 6.54 Å². The van der Waals surface area contributed by atoms with Crippen molar-refractivity contribution in [2.45, 2.75) is 32.7 Å². The number of primary amides is 1. The van der Waals surface area contributed by atoms with E-state index < -0.39 is 11.9 Å². The third-order valence-corrected chi connectivity index (χ3v) is 3.97. The summed E-state index contributed by atoms with van der Waals surface area (Å²) < 4.78 is 0. The number of halogens is 1. The fourth-order valence-electron chi connectivity index (χ4n) is 2.41. The van der Waals surface area contributed by atoms with E-state index >= 15 is 0 Å². The highest BCUT2D eigenvalue weighted by atomic mass is 35.5. The molecule has 0 saturated carbocycles. The van der Waals surface area contributed by atoms with Crippen LogP contribution in [-0.2, 0) is 4.79 Å². The summed E-state index contributed by atoms with van der Waals surface area (Å²) in [6.45, 7) is 4.42. The Labute approximate surface area is 117 Å². The van der Waals surface area contributed by atoms with Gasteiger partial charge in [-0.05, 0) is 49.9 Å². The van der Waals surface area contributed by atoms with Gasteiger partial charge in [0.2, 0.25) is 5.91 Å². The minimum absolute atomic E-state index is 0.214. The van der Waals surface area contributed by atoms with Crippen molar-refractivity contribution < 1.29 is 9.59 Å². The average Bonchev–Trinajstić information content (AvgIpc) is 2.82. The van der Waals surface area contributed by atoms with Crippen LogP contribution in [0.1, 0.15) is 34.3 Å². The molecule has 1 atom stereocenters. The highest BCUT2D eigenvalue weighted by Crippen LogP contribution is 2.26. The molecular formula is C14H17ClN2O2. The number of carbonyl (C=O) groups excluding carboxylic acids is 2. The molecule has 1 aliphatic heterocycles. The van der Waals surface area contributed by atoms with Crippen molar-refractivity contribution in [3.8, 4) is 0 Å². The lowest BCUT2D eigenvalue weighted by Gasteiger charge is -2.23. The molecule has 0 radical (unpaired) electrons. The summed E-state index contributed by atoms with van der Waals surface area (Å²) in [4.78, 5) is 25.4. The van der Waals surface area contributed by atoms with Crippen LogP contribution in [0, 0.1) is 13.8 Å². The number of rotatable bonds is 2. The maximum atomic E-state index is 12.5. The predicted octanol–water partition coefficient (Wildman–Crippen LogP) is 2.05. The minimum Gasteiger partial charge on any atom is -0.368 e. The largest absolute Gasteiger partial charge is 0.368 e. The van der Waals surface area contributed by atoms with Gasteiger partial charge >= 0.3 is 0 Å². The van der Waals surface area contributed by atoms with Crippen molar-refractivity contribution in [2.24, 2.45) is 5.73 Å².